The Morgan fingerprint density at radius 2 is 1.76 bits per heavy atom. The summed E-state index contributed by atoms with van der Waals surface area (Å²) in [5, 5.41) is 16.9. The Morgan fingerprint density at radius 1 is 1.00 bits per heavy atom. The van der Waals surface area contributed by atoms with Crippen molar-refractivity contribution in [3.63, 3.8) is 0 Å². The number of anilines is 6. The van der Waals surface area contributed by atoms with E-state index < -0.39 is 44.5 Å². The molecule has 5 aromatic rings. The molecule has 370 valence electrons. The molecule has 20 heteroatoms. The summed E-state index contributed by atoms with van der Waals surface area (Å²) < 4.78 is 69.5. The average Bonchev–Trinajstić information content (AvgIpc) is 3.81. The Bertz CT molecular complexity index is 3090. The number of sulfone groups is 1. The van der Waals surface area contributed by atoms with Crippen LogP contribution in [0.3, 0.4) is 0 Å². The van der Waals surface area contributed by atoms with Gasteiger partial charge < -0.3 is 34.7 Å². The van der Waals surface area contributed by atoms with Crippen LogP contribution < -0.4 is 30.9 Å². The van der Waals surface area contributed by atoms with Crippen LogP contribution in [-0.4, -0.2) is 107 Å². The predicted octanol–water partition coefficient (Wildman–Crippen LogP) is 6.39. The summed E-state index contributed by atoms with van der Waals surface area (Å²) in [6, 6.07) is 12.7. The highest BCUT2D eigenvalue weighted by molar-refractivity contribution is 7.90. The van der Waals surface area contributed by atoms with Gasteiger partial charge in [0, 0.05) is 112 Å². The third-order valence-corrected chi connectivity index (χ3v) is 15.3. The molecule has 1 atom stereocenters. The maximum Gasteiger partial charge on any atom is 0.417 e. The summed E-state index contributed by atoms with van der Waals surface area (Å²) in [6.45, 7) is 13.7. The van der Waals surface area contributed by atoms with E-state index in [1.54, 1.807) is 42.5 Å². The zero-order chi connectivity index (χ0) is 50.0. The van der Waals surface area contributed by atoms with Gasteiger partial charge in [0.15, 0.2) is 15.7 Å². The van der Waals surface area contributed by atoms with Crippen molar-refractivity contribution in [1.29, 1.82) is 0 Å². The van der Waals surface area contributed by atoms with E-state index in [4.69, 9.17) is 4.98 Å². The van der Waals surface area contributed by atoms with E-state index in [1.807, 2.05) is 17.0 Å². The first kappa shape index (κ1) is 48.5. The standard InChI is InChI=1S/C50H57F3N10O6S/c1-7-44(65)56-38-23-32(8-10-40(38)61-19-18-60(27-30(61)2)33-13-16-59(17-14-33)34-9-11-43(70(6,68)69)37(24-34)50(51,52)53)55-45-48(67)58(5)28-39(57-45)35-12-15-54-46(36(35)29-64)63-21-20-62-41(47(63)66)22-31-25-49(3,4)26-42(31)62/h7-12,15,22-24,28,30,33,64H,1,13-14,16-21,25-27,29H2,2-6H3,(H,55,57)(H,56,65). The highest BCUT2D eigenvalue weighted by Crippen LogP contribution is 2.41. The smallest absolute Gasteiger partial charge is 0.392 e. The highest BCUT2D eigenvalue weighted by Gasteiger charge is 2.40. The van der Waals surface area contributed by atoms with Crippen LogP contribution in [0.4, 0.5) is 47.6 Å². The molecule has 1 unspecified atom stereocenters. The van der Waals surface area contributed by atoms with E-state index in [2.05, 4.69) is 57.3 Å². The maximum atomic E-state index is 14.0. The molecule has 0 saturated carbocycles. The van der Waals surface area contributed by atoms with Crippen LogP contribution in [0, 0.1) is 5.41 Å². The van der Waals surface area contributed by atoms with Gasteiger partial charge >= 0.3 is 6.18 Å². The van der Waals surface area contributed by atoms with Crippen LogP contribution in [0.15, 0.2) is 83.3 Å². The molecule has 6 heterocycles. The van der Waals surface area contributed by atoms with Gasteiger partial charge in [-0.2, -0.15) is 13.2 Å². The number of rotatable bonds is 11. The molecule has 1 aliphatic carbocycles. The minimum Gasteiger partial charge on any atom is -0.392 e. The number of aliphatic hydroxyl groups is 1. The van der Waals surface area contributed by atoms with Gasteiger partial charge in [-0.25, -0.2) is 18.4 Å². The molecule has 0 bridgehead atoms. The van der Waals surface area contributed by atoms with Crippen LogP contribution in [0.25, 0.3) is 11.3 Å². The number of piperazine rings is 1. The number of nitrogens with zero attached hydrogens (tertiary/aromatic N) is 8. The molecule has 3 aromatic heterocycles. The van der Waals surface area contributed by atoms with Crippen molar-refractivity contribution in [1.82, 2.24) is 24.0 Å². The lowest BCUT2D eigenvalue weighted by atomic mass is 9.90. The number of hydrogen-bond donors (Lipinski definition) is 3. The lowest BCUT2D eigenvalue weighted by Gasteiger charge is -2.47. The Kier molecular flexibility index (Phi) is 12.7. The second kappa shape index (κ2) is 18.3. The number of halogens is 3. The molecule has 3 aliphatic heterocycles. The van der Waals surface area contributed by atoms with Crippen LogP contribution >= 0.6 is 0 Å². The van der Waals surface area contributed by atoms with Gasteiger partial charge in [-0.15, -0.1) is 0 Å². The summed E-state index contributed by atoms with van der Waals surface area (Å²) >= 11 is 0. The van der Waals surface area contributed by atoms with Gasteiger partial charge in [-0.3, -0.25) is 24.2 Å². The average molecular weight is 983 g/mol. The molecule has 2 fully saturated rings. The van der Waals surface area contributed by atoms with E-state index in [9.17, 15) is 41.1 Å². The number of amides is 2. The number of carbonyl (C=O) groups is 2. The van der Waals surface area contributed by atoms with Gasteiger partial charge in [-0.05, 0) is 98.2 Å². The molecule has 3 N–H and O–H groups in total. The van der Waals surface area contributed by atoms with E-state index in [1.165, 1.54) is 28.0 Å². The summed E-state index contributed by atoms with van der Waals surface area (Å²) in [4.78, 5) is 57.2. The molecule has 2 saturated heterocycles. The predicted molar refractivity (Wildman–Crippen MR) is 263 cm³/mol. The molecule has 2 amide bonds. The molecule has 2 aromatic carbocycles. The zero-order valence-corrected chi connectivity index (χ0v) is 40.6. The van der Waals surface area contributed by atoms with Gasteiger partial charge in [0.05, 0.1) is 34.1 Å². The van der Waals surface area contributed by atoms with E-state index >= 15 is 0 Å². The summed E-state index contributed by atoms with van der Waals surface area (Å²) in [5.74, 6) is -0.318. The van der Waals surface area contributed by atoms with Crippen molar-refractivity contribution < 1.29 is 36.3 Å². The second-order valence-electron chi connectivity index (χ2n) is 19.6. The monoisotopic (exact) mass is 982 g/mol. The first-order chi connectivity index (χ1) is 33.1. The first-order valence-electron chi connectivity index (χ1n) is 23.4. The fraction of sp³-hybridized carbons (Fsp3) is 0.420. The molecular formula is C50H57F3N10O6S. The topological polar surface area (TPSA) is 178 Å². The van der Waals surface area contributed by atoms with Crippen molar-refractivity contribution >= 4 is 56.0 Å². The molecule has 16 nitrogen and oxygen atoms in total. The quantitative estimate of drug-likeness (QED) is 0.125. The number of nitrogens with one attached hydrogen (secondary N) is 2. The lowest BCUT2D eigenvalue weighted by Crippen LogP contribution is -2.57. The Balaban J connectivity index is 0.909. The number of alkyl halides is 3. The number of piperidine rings is 1. The number of benzene rings is 2. The molecule has 4 aliphatic rings. The Hall–Kier alpha value is -6.51. The van der Waals surface area contributed by atoms with Crippen molar-refractivity contribution in [2.75, 3.05) is 70.9 Å². The number of aromatic nitrogens is 4. The highest BCUT2D eigenvalue weighted by atomic mass is 32.2. The van der Waals surface area contributed by atoms with Crippen molar-refractivity contribution in [3.05, 3.63) is 112 Å². The van der Waals surface area contributed by atoms with Gasteiger partial charge in [0.1, 0.15) is 11.5 Å². The molecule has 0 radical (unpaired) electrons. The summed E-state index contributed by atoms with van der Waals surface area (Å²) in [5.41, 5.74) is 4.82. The van der Waals surface area contributed by atoms with E-state index in [0.29, 0.717) is 104 Å². The van der Waals surface area contributed by atoms with Crippen molar-refractivity contribution in [2.45, 2.75) is 82.8 Å². The number of aliphatic hydroxyl groups excluding tert-OH is 1. The zero-order valence-electron chi connectivity index (χ0n) is 39.8. The minimum absolute atomic E-state index is 0.0138. The van der Waals surface area contributed by atoms with Crippen LogP contribution in [0.2, 0.25) is 0 Å². The third kappa shape index (κ3) is 9.31. The lowest BCUT2D eigenvalue weighted by molar-refractivity contribution is -0.139. The van der Waals surface area contributed by atoms with Gasteiger partial charge in [0.2, 0.25) is 5.91 Å². The van der Waals surface area contributed by atoms with E-state index in [0.717, 1.165) is 36.9 Å². The van der Waals surface area contributed by atoms with E-state index in [-0.39, 0.29) is 29.2 Å². The normalized spacial score (nSPS) is 18.7. The van der Waals surface area contributed by atoms with Crippen molar-refractivity contribution in [3.8, 4) is 11.3 Å². The third-order valence-electron chi connectivity index (χ3n) is 14.1. The molecular weight excluding hydrogens is 926 g/mol. The number of hydrogen-bond acceptors (Lipinski definition) is 12. The fourth-order valence-electron chi connectivity index (χ4n) is 10.7. The second-order valence-corrected chi connectivity index (χ2v) is 21.6. The van der Waals surface area contributed by atoms with Gasteiger partial charge in [-0.1, -0.05) is 20.4 Å². The molecule has 0 spiro atoms. The minimum atomic E-state index is -4.82. The van der Waals surface area contributed by atoms with Crippen molar-refractivity contribution in [2.24, 2.45) is 12.5 Å². The Morgan fingerprint density at radius 3 is 2.44 bits per heavy atom. The first-order valence-corrected chi connectivity index (χ1v) is 25.2. The molecule has 70 heavy (non-hydrogen) atoms. The Labute approximate surface area is 404 Å². The van der Waals surface area contributed by atoms with Gasteiger partial charge in [0.25, 0.3) is 11.5 Å². The van der Waals surface area contributed by atoms with Crippen LogP contribution in [-0.2, 0) is 53.8 Å². The number of aryl methyl sites for hydroxylation is 1. The fourth-order valence-corrected chi connectivity index (χ4v) is 11.6. The number of pyridine rings is 1. The SMILES string of the molecule is C=CC(=O)Nc1cc(Nc2nc(-c3ccnc(N4CCn5c(cc6c5CC(C)(C)C6)C4=O)c3CO)cn(C)c2=O)ccc1N1CCN(C2CCN(c3ccc(S(C)(=O)=O)c(C(F)(F)F)c3)CC2)CC1C. The largest absolute Gasteiger partial charge is 0.417 e. The summed E-state index contributed by atoms with van der Waals surface area (Å²) in [7, 11) is -2.48. The summed E-state index contributed by atoms with van der Waals surface area (Å²) in [6.07, 6.45) is 3.47. The molecule has 9 rings (SSSR count). The van der Waals surface area contributed by atoms with Crippen LogP contribution in [0.5, 0.6) is 0 Å². The number of carbonyl (C=O) groups excluding carboxylic acids is 2. The maximum absolute atomic E-state index is 14.0. The van der Waals surface area contributed by atoms with Crippen LogP contribution in [0.1, 0.15) is 66.5 Å². The number of fused-ring (bicyclic) bond motifs is 3.